The molecular weight excluding hydrogens is 491 g/mol. The van der Waals surface area contributed by atoms with E-state index >= 15 is 0 Å². The van der Waals surface area contributed by atoms with Crippen LogP contribution < -0.4 is 24.4 Å². The molecule has 0 unspecified atom stereocenters. The number of halogens is 1. The van der Waals surface area contributed by atoms with Gasteiger partial charge < -0.3 is 14.2 Å². The second-order valence-electron chi connectivity index (χ2n) is 8.61. The van der Waals surface area contributed by atoms with Crippen LogP contribution in [0.1, 0.15) is 11.1 Å². The summed E-state index contributed by atoms with van der Waals surface area (Å²) in [6.45, 7) is 0.168. The fourth-order valence-corrected chi connectivity index (χ4v) is 4.35. The summed E-state index contributed by atoms with van der Waals surface area (Å²) in [4.78, 5) is 40.0. The highest BCUT2D eigenvalue weighted by molar-refractivity contribution is 6.39. The molecule has 2 aliphatic heterocycles. The minimum absolute atomic E-state index is 0.0321. The molecule has 4 amide bonds. The minimum atomic E-state index is -0.873. The normalized spacial score (nSPS) is 15.8. The number of carbonyl (C=O) groups is 3. The van der Waals surface area contributed by atoms with Gasteiger partial charge in [-0.05, 0) is 52.7 Å². The van der Waals surface area contributed by atoms with Crippen molar-refractivity contribution >= 4 is 40.4 Å². The van der Waals surface area contributed by atoms with E-state index < -0.39 is 17.8 Å². The molecule has 6 rings (SSSR count). The highest BCUT2D eigenvalue weighted by Crippen LogP contribution is 2.37. The van der Waals surface area contributed by atoms with Gasteiger partial charge in [0.15, 0.2) is 11.5 Å². The van der Waals surface area contributed by atoms with Crippen molar-refractivity contribution in [2.24, 2.45) is 0 Å². The lowest BCUT2D eigenvalue weighted by Crippen LogP contribution is -2.54. The van der Waals surface area contributed by atoms with Gasteiger partial charge in [0.25, 0.3) is 11.8 Å². The van der Waals surface area contributed by atoms with E-state index in [2.05, 4.69) is 5.32 Å². The molecular formula is C29H19FN2O6. The van der Waals surface area contributed by atoms with Gasteiger partial charge in [-0.3, -0.25) is 14.9 Å². The summed E-state index contributed by atoms with van der Waals surface area (Å²) in [6.07, 6.45) is 1.42. The Kier molecular flexibility index (Phi) is 5.72. The van der Waals surface area contributed by atoms with Crippen molar-refractivity contribution < 1.29 is 33.0 Å². The summed E-state index contributed by atoms with van der Waals surface area (Å²) < 4.78 is 30.0. The Morgan fingerprint density at radius 3 is 2.55 bits per heavy atom. The number of ether oxygens (including phenoxy) is 3. The molecule has 0 atom stereocenters. The molecule has 9 heteroatoms. The number of hydrogen-bond acceptors (Lipinski definition) is 6. The van der Waals surface area contributed by atoms with Crippen molar-refractivity contribution in [3.63, 3.8) is 0 Å². The van der Waals surface area contributed by atoms with Crippen LogP contribution >= 0.6 is 0 Å². The monoisotopic (exact) mass is 510 g/mol. The Bertz CT molecular complexity index is 1650. The number of benzene rings is 4. The van der Waals surface area contributed by atoms with Gasteiger partial charge in [0.1, 0.15) is 23.7 Å². The van der Waals surface area contributed by atoms with Crippen LogP contribution in [0.5, 0.6) is 17.2 Å². The Morgan fingerprint density at radius 1 is 0.921 bits per heavy atom. The number of nitrogens with one attached hydrogen (secondary N) is 1. The fraction of sp³-hybridized carbons (Fsp3) is 0.0690. The number of imide groups is 2. The van der Waals surface area contributed by atoms with Crippen LogP contribution in [-0.2, 0) is 16.2 Å². The number of anilines is 1. The molecule has 0 aromatic heterocycles. The minimum Gasteiger partial charge on any atom is -0.488 e. The molecule has 0 bridgehead atoms. The second-order valence-corrected chi connectivity index (χ2v) is 8.61. The number of nitrogens with zero attached hydrogens (tertiary/aromatic N) is 1. The van der Waals surface area contributed by atoms with Gasteiger partial charge in [-0.1, -0.05) is 42.5 Å². The molecule has 38 heavy (non-hydrogen) atoms. The predicted octanol–water partition coefficient (Wildman–Crippen LogP) is 4.95. The maximum Gasteiger partial charge on any atom is 0.335 e. The highest BCUT2D eigenvalue weighted by atomic mass is 19.1. The van der Waals surface area contributed by atoms with Crippen molar-refractivity contribution in [3.8, 4) is 17.2 Å². The SMILES string of the molecule is O=C1NC(=O)N(c2ccc3c(c2)OCO3)C(=O)/C1=C/c1c(OCc2ccc(F)cc2)ccc2ccccc12. The smallest absolute Gasteiger partial charge is 0.335 e. The summed E-state index contributed by atoms with van der Waals surface area (Å²) in [5, 5.41) is 3.84. The lowest BCUT2D eigenvalue weighted by atomic mass is 9.99. The van der Waals surface area contributed by atoms with Gasteiger partial charge >= 0.3 is 6.03 Å². The molecule has 8 nitrogen and oxygen atoms in total. The summed E-state index contributed by atoms with van der Waals surface area (Å²) >= 11 is 0. The second kappa shape index (κ2) is 9.36. The van der Waals surface area contributed by atoms with Crippen LogP contribution in [0.3, 0.4) is 0 Å². The number of rotatable bonds is 5. The lowest BCUT2D eigenvalue weighted by Gasteiger charge is -2.26. The van der Waals surface area contributed by atoms with Crippen molar-refractivity contribution in [1.82, 2.24) is 5.32 Å². The van der Waals surface area contributed by atoms with E-state index in [9.17, 15) is 18.8 Å². The zero-order chi connectivity index (χ0) is 26.2. The molecule has 4 aromatic rings. The van der Waals surface area contributed by atoms with E-state index in [1.807, 2.05) is 30.3 Å². The van der Waals surface area contributed by atoms with Crippen LogP contribution in [0.2, 0.25) is 0 Å². The Balaban J connectivity index is 1.40. The number of carbonyl (C=O) groups excluding carboxylic acids is 3. The van der Waals surface area contributed by atoms with Crippen molar-refractivity contribution in [3.05, 3.63) is 101 Å². The van der Waals surface area contributed by atoms with Gasteiger partial charge in [0, 0.05) is 11.6 Å². The van der Waals surface area contributed by atoms with E-state index in [4.69, 9.17) is 14.2 Å². The first kappa shape index (κ1) is 23.2. The van der Waals surface area contributed by atoms with Crippen LogP contribution in [0.25, 0.3) is 16.8 Å². The Hall–Kier alpha value is -5.18. The standard InChI is InChI=1S/C29H19FN2O6/c30-19-8-5-17(6-9-19)15-36-24-11-7-18-3-1-2-4-21(18)22(24)14-23-27(33)31-29(35)32(28(23)34)20-10-12-25-26(13-20)38-16-37-25/h1-14H,15-16H2,(H,31,33,35)/b23-14+. The van der Waals surface area contributed by atoms with Gasteiger partial charge in [-0.2, -0.15) is 0 Å². The zero-order valence-corrected chi connectivity index (χ0v) is 19.8. The van der Waals surface area contributed by atoms with Gasteiger partial charge in [-0.15, -0.1) is 0 Å². The molecule has 188 valence electrons. The summed E-state index contributed by atoms with van der Waals surface area (Å²) in [5.74, 6) is -0.689. The number of barbiturate groups is 1. The first-order valence-electron chi connectivity index (χ1n) is 11.7. The number of amides is 4. The lowest BCUT2D eigenvalue weighted by molar-refractivity contribution is -0.122. The third kappa shape index (κ3) is 4.20. The average Bonchev–Trinajstić information content (AvgIpc) is 3.39. The molecule has 4 aromatic carbocycles. The summed E-state index contributed by atoms with van der Waals surface area (Å²) in [5.41, 5.74) is 1.21. The number of fused-ring (bicyclic) bond motifs is 2. The Morgan fingerprint density at radius 2 is 1.71 bits per heavy atom. The molecule has 0 saturated carbocycles. The summed E-state index contributed by atoms with van der Waals surface area (Å²) in [6, 6.07) is 20.7. The highest BCUT2D eigenvalue weighted by Gasteiger charge is 2.37. The first-order chi connectivity index (χ1) is 18.5. The molecule has 2 aliphatic rings. The van der Waals surface area contributed by atoms with Crippen LogP contribution in [-0.4, -0.2) is 24.6 Å². The quantitative estimate of drug-likeness (QED) is 0.302. The molecule has 1 fully saturated rings. The van der Waals surface area contributed by atoms with Crippen LogP contribution in [0, 0.1) is 5.82 Å². The maximum atomic E-state index is 13.5. The topological polar surface area (TPSA) is 94.2 Å². The van der Waals surface area contributed by atoms with Gasteiger partial charge in [0.05, 0.1) is 5.69 Å². The van der Waals surface area contributed by atoms with Crippen LogP contribution in [0.4, 0.5) is 14.9 Å². The number of urea groups is 1. The number of hydrogen-bond donors (Lipinski definition) is 1. The van der Waals surface area contributed by atoms with E-state index in [1.54, 1.807) is 24.3 Å². The predicted molar refractivity (Wildman–Crippen MR) is 136 cm³/mol. The molecule has 1 saturated heterocycles. The first-order valence-corrected chi connectivity index (χ1v) is 11.7. The molecule has 2 heterocycles. The zero-order valence-electron chi connectivity index (χ0n) is 19.8. The average molecular weight is 510 g/mol. The van der Waals surface area contributed by atoms with Crippen molar-refractivity contribution in [2.75, 3.05) is 11.7 Å². The third-order valence-electron chi connectivity index (χ3n) is 6.24. The largest absolute Gasteiger partial charge is 0.488 e. The van der Waals surface area contributed by atoms with E-state index in [0.717, 1.165) is 21.2 Å². The third-order valence-corrected chi connectivity index (χ3v) is 6.24. The van der Waals surface area contributed by atoms with Crippen molar-refractivity contribution in [1.29, 1.82) is 0 Å². The van der Waals surface area contributed by atoms with Gasteiger partial charge in [0.2, 0.25) is 6.79 Å². The van der Waals surface area contributed by atoms with E-state index in [1.165, 1.54) is 30.3 Å². The fourth-order valence-electron chi connectivity index (χ4n) is 4.35. The molecule has 0 spiro atoms. The Labute approximate surface area is 215 Å². The van der Waals surface area contributed by atoms with E-state index in [0.29, 0.717) is 22.8 Å². The maximum absolute atomic E-state index is 13.5. The molecule has 0 radical (unpaired) electrons. The van der Waals surface area contributed by atoms with Crippen LogP contribution in [0.15, 0.2) is 84.4 Å². The molecule has 1 N–H and O–H groups in total. The molecule has 0 aliphatic carbocycles. The van der Waals surface area contributed by atoms with Gasteiger partial charge in [-0.25, -0.2) is 14.1 Å². The van der Waals surface area contributed by atoms with E-state index in [-0.39, 0.29) is 30.5 Å². The summed E-state index contributed by atoms with van der Waals surface area (Å²) in [7, 11) is 0. The van der Waals surface area contributed by atoms with Crippen molar-refractivity contribution in [2.45, 2.75) is 6.61 Å².